The summed E-state index contributed by atoms with van der Waals surface area (Å²) in [5.74, 6) is -0.228. The average molecular weight is 397 g/mol. The Morgan fingerprint density at radius 1 is 1.15 bits per heavy atom. The predicted molar refractivity (Wildman–Crippen MR) is 101 cm³/mol. The maximum Gasteiger partial charge on any atom is 0.244 e. The van der Waals surface area contributed by atoms with Gasteiger partial charge in [-0.15, -0.1) is 0 Å². The van der Waals surface area contributed by atoms with Crippen LogP contribution in [-0.4, -0.2) is 28.0 Å². The second-order valence-electron chi connectivity index (χ2n) is 5.78. The molecule has 0 aromatic heterocycles. The van der Waals surface area contributed by atoms with Gasteiger partial charge in [0.2, 0.25) is 15.9 Å². The minimum absolute atomic E-state index is 0.00186. The minimum Gasteiger partial charge on any atom is -0.495 e. The highest BCUT2D eigenvalue weighted by Crippen LogP contribution is 2.27. The number of hydrogen-bond acceptors (Lipinski definition) is 4. The van der Waals surface area contributed by atoms with Crippen LogP contribution in [0.4, 0.5) is 0 Å². The summed E-state index contributed by atoms with van der Waals surface area (Å²) in [6.07, 6.45) is 0. The molecule has 0 unspecified atom stereocenters. The van der Waals surface area contributed by atoms with Crippen LogP contribution < -0.4 is 14.8 Å². The molecule has 6 nitrogen and oxygen atoms in total. The summed E-state index contributed by atoms with van der Waals surface area (Å²) in [6.45, 7) is 3.50. The van der Waals surface area contributed by atoms with Crippen molar-refractivity contribution in [2.45, 2.75) is 25.3 Å². The lowest BCUT2D eigenvalue weighted by atomic mass is 10.1. The SMILES string of the molecule is COc1cc(C)c(C)cc1S(=O)(=O)NCC(=O)NCc1ccccc1Cl. The molecular weight excluding hydrogens is 376 g/mol. The van der Waals surface area contributed by atoms with Crippen molar-refractivity contribution in [3.8, 4) is 5.75 Å². The van der Waals surface area contributed by atoms with Crippen LogP contribution >= 0.6 is 11.6 Å². The smallest absolute Gasteiger partial charge is 0.244 e. The van der Waals surface area contributed by atoms with Gasteiger partial charge in [0.25, 0.3) is 0 Å². The summed E-state index contributed by atoms with van der Waals surface area (Å²) >= 11 is 6.02. The Bertz CT molecular complexity index is 913. The van der Waals surface area contributed by atoms with E-state index in [0.29, 0.717) is 5.02 Å². The van der Waals surface area contributed by atoms with Crippen molar-refractivity contribution in [2.75, 3.05) is 13.7 Å². The quantitative estimate of drug-likeness (QED) is 0.753. The van der Waals surface area contributed by atoms with Crippen molar-refractivity contribution in [2.24, 2.45) is 0 Å². The molecule has 2 rings (SSSR count). The van der Waals surface area contributed by atoms with E-state index < -0.39 is 15.9 Å². The van der Waals surface area contributed by atoms with Crippen molar-refractivity contribution in [1.29, 1.82) is 0 Å². The lowest BCUT2D eigenvalue weighted by Gasteiger charge is -2.13. The molecule has 0 aliphatic heterocycles. The fourth-order valence-corrected chi connectivity index (χ4v) is 3.69. The monoisotopic (exact) mass is 396 g/mol. The van der Waals surface area contributed by atoms with Gasteiger partial charge in [0.05, 0.1) is 13.7 Å². The first-order valence-corrected chi connectivity index (χ1v) is 9.75. The fraction of sp³-hybridized carbons (Fsp3) is 0.278. The van der Waals surface area contributed by atoms with Crippen LogP contribution in [0.1, 0.15) is 16.7 Å². The molecule has 0 atom stereocenters. The largest absolute Gasteiger partial charge is 0.495 e. The average Bonchev–Trinajstić information content (AvgIpc) is 2.61. The molecule has 0 saturated heterocycles. The van der Waals surface area contributed by atoms with Crippen molar-refractivity contribution in [1.82, 2.24) is 10.0 Å². The fourth-order valence-electron chi connectivity index (χ4n) is 2.27. The van der Waals surface area contributed by atoms with Gasteiger partial charge in [0, 0.05) is 11.6 Å². The maximum absolute atomic E-state index is 12.5. The Morgan fingerprint density at radius 3 is 2.46 bits per heavy atom. The first kappa shape index (κ1) is 20.2. The summed E-state index contributed by atoms with van der Waals surface area (Å²) in [5.41, 5.74) is 2.48. The number of benzene rings is 2. The molecule has 140 valence electrons. The molecule has 0 saturated carbocycles. The number of amides is 1. The third-order valence-corrected chi connectivity index (χ3v) is 5.72. The van der Waals surface area contributed by atoms with Crippen molar-refractivity contribution in [3.05, 3.63) is 58.1 Å². The molecule has 0 heterocycles. The first-order valence-electron chi connectivity index (χ1n) is 7.89. The summed E-state index contributed by atoms with van der Waals surface area (Å²) in [7, 11) is -2.49. The van der Waals surface area contributed by atoms with Gasteiger partial charge in [-0.3, -0.25) is 4.79 Å². The van der Waals surface area contributed by atoms with Crippen LogP contribution in [0.3, 0.4) is 0 Å². The van der Waals surface area contributed by atoms with E-state index in [4.69, 9.17) is 16.3 Å². The molecule has 0 radical (unpaired) electrons. The van der Waals surface area contributed by atoms with Gasteiger partial charge in [-0.25, -0.2) is 13.1 Å². The van der Waals surface area contributed by atoms with Crippen molar-refractivity contribution >= 4 is 27.5 Å². The van der Waals surface area contributed by atoms with E-state index in [1.165, 1.54) is 13.2 Å². The van der Waals surface area contributed by atoms with E-state index in [1.54, 1.807) is 24.3 Å². The Hall–Kier alpha value is -2.09. The molecule has 0 spiro atoms. The van der Waals surface area contributed by atoms with Crippen LogP contribution in [0.5, 0.6) is 5.75 Å². The minimum atomic E-state index is -3.89. The first-order chi connectivity index (χ1) is 12.2. The van der Waals surface area contributed by atoms with Gasteiger partial charge in [0.1, 0.15) is 10.6 Å². The van der Waals surface area contributed by atoms with E-state index in [2.05, 4.69) is 10.0 Å². The highest BCUT2D eigenvalue weighted by molar-refractivity contribution is 7.89. The number of hydrogen-bond donors (Lipinski definition) is 2. The summed E-state index contributed by atoms with van der Waals surface area (Å²) < 4.78 is 32.5. The molecule has 0 bridgehead atoms. The van der Waals surface area contributed by atoms with Crippen molar-refractivity contribution in [3.63, 3.8) is 0 Å². The number of rotatable bonds is 7. The number of sulfonamides is 1. The van der Waals surface area contributed by atoms with Crippen LogP contribution in [0.2, 0.25) is 5.02 Å². The van der Waals surface area contributed by atoms with Gasteiger partial charge in [-0.1, -0.05) is 29.8 Å². The van der Waals surface area contributed by atoms with Crippen LogP contribution in [0, 0.1) is 13.8 Å². The molecule has 8 heteroatoms. The van der Waals surface area contributed by atoms with Crippen LogP contribution in [-0.2, 0) is 21.4 Å². The van der Waals surface area contributed by atoms with E-state index in [1.807, 2.05) is 19.9 Å². The van der Waals surface area contributed by atoms with Crippen molar-refractivity contribution < 1.29 is 17.9 Å². The normalized spacial score (nSPS) is 11.2. The topological polar surface area (TPSA) is 84.5 Å². The summed E-state index contributed by atoms with van der Waals surface area (Å²) in [4.78, 5) is 12.0. The molecule has 2 N–H and O–H groups in total. The van der Waals surface area contributed by atoms with Crippen LogP contribution in [0.25, 0.3) is 0 Å². The Labute approximate surface area is 158 Å². The number of aryl methyl sites for hydroxylation is 2. The Kier molecular flexibility index (Phi) is 6.63. The zero-order valence-electron chi connectivity index (χ0n) is 14.8. The van der Waals surface area contributed by atoms with E-state index in [-0.39, 0.29) is 23.7 Å². The lowest BCUT2D eigenvalue weighted by Crippen LogP contribution is -2.36. The van der Waals surface area contributed by atoms with Gasteiger partial charge in [-0.2, -0.15) is 0 Å². The molecule has 26 heavy (non-hydrogen) atoms. The number of carbonyl (C=O) groups excluding carboxylic acids is 1. The number of carbonyl (C=O) groups is 1. The van der Waals surface area contributed by atoms with Gasteiger partial charge >= 0.3 is 0 Å². The maximum atomic E-state index is 12.5. The number of methoxy groups -OCH3 is 1. The number of ether oxygens (including phenoxy) is 1. The van der Waals surface area contributed by atoms with E-state index in [9.17, 15) is 13.2 Å². The summed E-state index contributed by atoms with van der Waals surface area (Å²) in [6, 6.07) is 10.3. The third kappa shape index (κ3) is 4.97. The van der Waals surface area contributed by atoms with E-state index in [0.717, 1.165) is 16.7 Å². The third-order valence-electron chi connectivity index (χ3n) is 3.93. The molecule has 2 aromatic carbocycles. The zero-order valence-corrected chi connectivity index (χ0v) is 16.4. The predicted octanol–water partition coefficient (Wildman–Crippen LogP) is 2.56. The second kappa shape index (κ2) is 8.53. The molecule has 0 fully saturated rings. The molecule has 2 aromatic rings. The number of nitrogens with one attached hydrogen (secondary N) is 2. The second-order valence-corrected chi connectivity index (χ2v) is 7.92. The highest BCUT2D eigenvalue weighted by Gasteiger charge is 2.21. The van der Waals surface area contributed by atoms with Gasteiger partial charge < -0.3 is 10.1 Å². The lowest BCUT2D eigenvalue weighted by molar-refractivity contribution is -0.120. The highest BCUT2D eigenvalue weighted by atomic mass is 35.5. The molecular formula is C18H21ClN2O4S. The standard InChI is InChI=1S/C18H21ClN2O4S/c1-12-8-16(25-3)17(9-13(12)2)26(23,24)21-11-18(22)20-10-14-6-4-5-7-15(14)19/h4-9,21H,10-11H2,1-3H3,(H,20,22). The van der Waals surface area contributed by atoms with Gasteiger partial charge in [0.15, 0.2) is 0 Å². The Morgan fingerprint density at radius 2 is 1.81 bits per heavy atom. The number of halogens is 1. The van der Waals surface area contributed by atoms with Gasteiger partial charge in [-0.05, 0) is 48.7 Å². The molecule has 1 amide bonds. The van der Waals surface area contributed by atoms with Crippen LogP contribution in [0.15, 0.2) is 41.3 Å². The molecule has 0 aliphatic rings. The Balaban J connectivity index is 2.03. The summed E-state index contributed by atoms with van der Waals surface area (Å²) in [5, 5.41) is 3.17. The molecule has 0 aliphatic carbocycles. The zero-order chi connectivity index (χ0) is 19.3. The van der Waals surface area contributed by atoms with E-state index >= 15 is 0 Å².